The SMILES string of the molecule is CC1CCN(c2nc(C3CCC(C(F)(F)F)CC3)ccc2C(=O)NS(=O)(=O)c2cccc(N)n2)C1(C)C. The summed E-state index contributed by atoms with van der Waals surface area (Å²) >= 11 is 0. The number of anilines is 2. The molecule has 37 heavy (non-hydrogen) atoms. The van der Waals surface area contributed by atoms with E-state index in [9.17, 15) is 26.4 Å². The number of hydrogen-bond acceptors (Lipinski definition) is 7. The largest absolute Gasteiger partial charge is 0.391 e. The van der Waals surface area contributed by atoms with Gasteiger partial charge in [0, 0.05) is 23.7 Å². The summed E-state index contributed by atoms with van der Waals surface area (Å²) in [7, 11) is -4.30. The van der Waals surface area contributed by atoms with Crippen LogP contribution in [-0.2, 0) is 10.0 Å². The lowest BCUT2D eigenvalue weighted by Crippen LogP contribution is -2.44. The molecule has 8 nitrogen and oxygen atoms in total. The molecule has 1 aliphatic heterocycles. The topological polar surface area (TPSA) is 118 Å². The number of aromatic nitrogens is 2. The molecule has 1 aliphatic carbocycles. The maximum Gasteiger partial charge on any atom is 0.391 e. The molecule has 2 aliphatic rings. The molecular weight excluding hydrogens is 507 g/mol. The zero-order valence-electron chi connectivity index (χ0n) is 21.0. The molecule has 202 valence electrons. The van der Waals surface area contributed by atoms with Crippen molar-refractivity contribution in [3.8, 4) is 0 Å². The molecule has 3 N–H and O–H groups in total. The summed E-state index contributed by atoms with van der Waals surface area (Å²) in [6.45, 7) is 6.76. The molecule has 2 fully saturated rings. The Kier molecular flexibility index (Phi) is 7.17. The van der Waals surface area contributed by atoms with Crippen molar-refractivity contribution in [1.29, 1.82) is 0 Å². The van der Waals surface area contributed by atoms with Gasteiger partial charge < -0.3 is 10.6 Å². The van der Waals surface area contributed by atoms with E-state index in [4.69, 9.17) is 10.7 Å². The Balaban J connectivity index is 1.67. The number of halogens is 3. The Morgan fingerprint density at radius 2 is 1.76 bits per heavy atom. The van der Waals surface area contributed by atoms with Crippen molar-refractivity contribution >= 4 is 27.6 Å². The van der Waals surface area contributed by atoms with Gasteiger partial charge in [-0.25, -0.2) is 14.7 Å². The van der Waals surface area contributed by atoms with Crippen LogP contribution in [0.3, 0.4) is 0 Å². The van der Waals surface area contributed by atoms with Crippen LogP contribution in [0.4, 0.5) is 24.8 Å². The highest BCUT2D eigenvalue weighted by Gasteiger charge is 2.43. The number of pyridine rings is 2. The third-order valence-electron chi connectivity index (χ3n) is 7.94. The van der Waals surface area contributed by atoms with Crippen LogP contribution in [0.2, 0.25) is 0 Å². The monoisotopic (exact) mass is 539 g/mol. The number of hydrogen-bond donors (Lipinski definition) is 2. The van der Waals surface area contributed by atoms with Crippen LogP contribution in [0.1, 0.15) is 74.8 Å². The van der Waals surface area contributed by atoms with Gasteiger partial charge in [0.25, 0.3) is 15.9 Å². The van der Waals surface area contributed by atoms with E-state index >= 15 is 0 Å². The third-order valence-corrected chi connectivity index (χ3v) is 9.17. The number of nitrogens with two attached hydrogens (primary N) is 1. The fourth-order valence-electron chi connectivity index (χ4n) is 5.21. The van der Waals surface area contributed by atoms with Gasteiger partial charge >= 0.3 is 6.18 Å². The second kappa shape index (κ2) is 9.77. The molecule has 4 rings (SSSR count). The molecule has 1 saturated heterocycles. The van der Waals surface area contributed by atoms with Gasteiger partial charge in [0.1, 0.15) is 11.6 Å². The van der Waals surface area contributed by atoms with E-state index in [0.29, 0.717) is 30.9 Å². The van der Waals surface area contributed by atoms with Crippen LogP contribution in [0.25, 0.3) is 0 Å². The van der Waals surface area contributed by atoms with Crippen LogP contribution < -0.4 is 15.4 Å². The molecule has 1 saturated carbocycles. The molecule has 3 heterocycles. The minimum Gasteiger partial charge on any atom is -0.384 e. The van der Waals surface area contributed by atoms with Crippen molar-refractivity contribution in [3.63, 3.8) is 0 Å². The molecule has 1 unspecified atom stereocenters. The lowest BCUT2D eigenvalue weighted by Gasteiger charge is -2.37. The first-order valence-electron chi connectivity index (χ1n) is 12.3. The second-order valence-corrected chi connectivity index (χ2v) is 12.2. The van der Waals surface area contributed by atoms with Gasteiger partial charge in [-0.15, -0.1) is 0 Å². The van der Waals surface area contributed by atoms with Gasteiger partial charge in [-0.05, 0) is 76.1 Å². The number of nitrogen functional groups attached to an aromatic ring is 1. The van der Waals surface area contributed by atoms with Crippen molar-refractivity contribution in [2.45, 2.75) is 75.5 Å². The van der Waals surface area contributed by atoms with Gasteiger partial charge in [-0.2, -0.15) is 21.6 Å². The van der Waals surface area contributed by atoms with Crippen molar-refractivity contribution in [3.05, 3.63) is 41.6 Å². The summed E-state index contributed by atoms with van der Waals surface area (Å²) < 4.78 is 67.2. The lowest BCUT2D eigenvalue weighted by atomic mass is 9.80. The van der Waals surface area contributed by atoms with Crippen LogP contribution in [0.5, 0.6) is 0 Å². The Morgan fingerprint density at radius 3 is 2.32 bits per heavy atom. The molecular formula is C25H32F3N5O3S. The van der Waals surface area contributed by atoms with Crippen molar-refractivity contribution in [2.75, 3.05) is 17.2 Å². The first-order valence-corrected chi connectivity index (χ1v) is 13.8. The minimum atomic E-state index is -4.30. The fraction of sp³-hybridized carbons (Fsp3) is 0.560. The van der Waals surface area contributed by atoms with Gasteiger partial charge in [0.15, 0.2) is 5.03 Å². The molecule has 0 radical (unpaired) electrons. The average molecular weight is 540 g/mol. The van der Waals surface area contributed by atoms with Gasteiger partial charge in [0.05, 0.1) is 11.5 Å². The van der Waals surface area contributed by atoms with Gasteiger partial charge in [-0.3, -0.25) is 4.79 Å². The van der Waals surface area contributed by atoms with E-state index in [1.165, 1.54) is 24.3 Å². The predicted molar refractivity (Wildman–Crippen MR) is 133 cm³/mol. The normalized spacial score (nSPS) is 24.2. The molecule has 12 heteroatoms. The molecule has 0 aromatic carbocycles. The van der Waals surface area contributed by atoms with Crippen molar-refractivity contribution in [1.82, 2.24) is 14.7 Å². The van der Waals surface area contributed by atoms with Crippen LogP contribution in [0, 0.1) is 11.8 Å². The highest BCUT2D eigenvalue weighted by molar-refractivity contribution is 7.90. The zero-order chi connectivity index (χ0) is 27.2. The summed E-state index contributed by atoms with van der Waals surface area (Å²) in [5.74, 6) is -1.74. The number of amides is 1. The number of nitrogens with zero attached hydrogens (tertiary/aromatic N) is 3. The van der Waals surface area contributed by atoms with E-state index in [1.807, 2.05) is 18.7 Å². The van der Waals surface area contributed by atoms with E-state index in [1.54, 1.807) is 6.07 Å². The fourth-order valence-corrected chi connectivity index (χ4v) is 6.15. The number of alkyl halides is 3. The summed E-state index contributed by atoms with van der Waals surface area (Å²) in [6.07, 6.45) is -2.60. The minimum absolute atomic E-state index is 0.00456. The second-order valence-electron chi connectivity index (χ2n) is 10.5. The molecule has 2 aromatic rings. The first-order chi connectivity index (χ1) is 17.2. The number of rotatable bonds is 5. The smallest absolute Gasteiger partial charge is 0.384 e. The Hall–Kier alpha value is -2.89. The van der Waals surface area contributed by atoms with Crippen LogP contribution >= 0.6 is 0 Å². The summed E-state index contributed by atoms with van der Waals surface area (Å²) in [4.78, 5) is 23.9. The van der Waals surface area contributed by atoms with Crippen LogP contribution in [-0.4, -0.2) is 42.6 Å². The molecule has 1 amide bonds. The zero-order valence-corrected chi connectivity index (χ0v) is 21.9. The molecule has 0 spiro atoms. The molecule has 1 atom stereocenters. The number of carbonyl (C=O) groups is 1. The standard InChI is InChI=1S/C25H32F3N5O3S/c1-15-13-14-33(24(15,2)3)22-18(23(34)32-37(35,36)21-6-4-5-20(29)31-21)11-12-19(30-22)16-7-9-17(10-8-16)25(26,27)28/h4-6,11-12,15-17H,7-10,13-14H2,1-3H3,(H2,29,31)(H,32,34). The van der Waals surface area contributed by atoms with Gasteiger partial charge in [-0.1, -0.05) is 13.0 Å². The quantitative estimate of drug-likeness (QED) is 0.568. The highest BCUT2D eigenvalue weighted by Crippen LogP contribution is 2.44. The van der Waals surface area contributed by atoms with Gasteiger partial charge in [0.2, 0.25) is 0 Å². The molecule has 0 bridgehead atoms. The summed E-state index contributed by atoms with van der Waals surface area (Å²) in [6, 6.07) is 7.22. The van der Waals surface area contributed by atoms with E-state index < -0.39 is 28.0 Å². The molecule has 2 aromatic heterocycles. The number of carbonyl (C=O) groups excluding carboxylic acids is 1. The Bertz CT molecular complexity index is 1270. The highest BCUT2D eigenvalue weighted by atomic mass is 32.2. The summed E-state index contributed by atoms with van der Waals surface area (Å²) in [5.41, 5.74) is 5.91. The maximum atomic E-state index is 13.3. The summed E-state index contributed by atoms with van der Waals surface area (Å²) in [5, 5.41) is -0.386. The lowest BCUT2D eigenvalue weighted by molar-refractivity contribution is -0.182. The third kappa shape index (κ3) is 5.53. The Morgan fingerprint density at radius 1 is 1.08 bits per heavy atom. The van der Waals surface area contributed by atoms with Crippen LogP contribution in [0.15, 0.2) is 35.4 Å². The van der Waals surface area contributed by atoms with E-state index in [0.717, 1.165) is 6.42 Å². The van der Waals surface area contributed by atoms with E-state index in [2.05, 4.69) is 16.6 Å². The van der Waals surface area contributed by atoms with E-state index in [-0.39, 0.29) is 46.6 Å². The number of nitrogens with one attached hydrogen (secondary N) is 1. The average Bonchev–Trinajstić information content (AvgIpc) is 3.10. The number of sulfonamides is 1. The first kappa shape index (κ1) is 27.2. The maximum absolute atomic E-state index is 13.3. The van der Waals surface area contributed by atoms with Crippen molar-refractivity contribution < 1.29 is 26.4 Å². The van der Waals surface area contributed by atoms with Crippen molar-refractivity contribution in [2.24, 2.45) is 11.8 Å². The Labute approximate surface area is 214 Å². The predicted octanol–water partition coefficient (Wildman–Crippen LogP) is 4.64.